The molecule has 1 saturated heterocycles. The van der Waals surface area contributed by atoms with E-state index in [1.807, 2.05) is 54.0 Å². The molecule has 3 rings (SSSR count). The third kappa shape index (κ3) is 3.74. The average Bonchev–Trinajstić information content (AvgIpc) is 2.99. The van der Waals surface area contributed by atoms with Gasteiger partial charge in [-0.3, -0.25) is 9.59 Å². The third-order valence-electron chi connectivity index (χ3n) is 4.83. The van der Waals surface area contributed by atoms with Crippen molar-refractivity contribution in [1.82, 2.24) is 14.8 Å². The molecule has 1 fully saturated rings. The number of rotatable bonds is 4. The van der Waals surface area contributed by atoms with Crippen LogP contribution < -0.4 is 4.74 Å². The highest BCUT2D eigenvalue weighted by atomic mass is 16.5. The van der Waals surface area contributed by atoms with Crippen LogP contribution in [0.3, 0.4) is 0 Å². The Morgan fingerprint density at radius 3 is 2.35 bits per heavy atom. The first-order valence-electron chi connectivity index (χ1n) is 8.84. The van der Waals surface area contributed by atoms with Crippen LogP contribution in [0.15, 0.2) is 30.3 Å². The van der Waals surface area contributed by atoms with Gasteiger partial charge in [-0.15, -0.1) is 0 Å². The summed E-state index contributed by atoms with van der Waals surface area (Å²) in [6.07, 6.45) is 0.314. The highest BCUT2D eigenvalue weighted by Crippen LogP contribution is 2.19. The third-order valence-corrected chi connectivity index (χ3v) is 4.83. The van der Waals surface area contributed by atoms with Crippen LogP contribution in [0.25, 0.3) is 0 Å². The average molecular weight is 355 g/mol. The molecule has 26 heavy (non-hydrogen) atoms. The van der Waals surface area contributed by atoms with E-state index in [4.69, 9.17) is 4.74 Å². The number of H-pyrrole nitrogens is 1. The molecule has 2 amide bonds. The monoisotopic (exact) mass is 355 g/mol. The van der Waals surface area contributed by atoms with Gasteiger partial charge in [0.15, 0.2) is 0 Å². The Kier molecular flexibility index (Phi) is 5.30. The Hall–Kier alpha value is -2.76. The molecule has 1 N–H and O–H groups in total. The Morgan fingerprint density at radius 2 is 1.73 bits per heavy atom. The lowest BCUT2D eigenvalue weighted by Crippen LogP contribution is -2.51. The Balaban J connectivity index is 1.59. The van der Waals surface area contributed by atoms with Gasteiger partial charge in [0.05, 0.1) is 19.1 Å². The second kappa shape index (κ2) is 7.64. The number of ether oxygens (including phenoxy) is 1. The predicted molar refractivity (Wildman–Crippen MR) is 99.4 cm³/mol. The van der Waals surface area contributed by atoms with Gasteiger partial charge in [-0.25, -0.2) is 0 Å². The molecule has 6 nitrogen and oxygen atoms in total. The van der Waals surface area contributed by atoms with Crippen molar-refractivity contribution >= 4 is 11.8 Å². The van der Waals surface area contributed by atoms with Gasteiger partial charge in [0.1, 0.15) is 5.75 Å². The second-order valence-electron chi connectivity index (χ2n) is 6.65. The van der Waals surface area contributed by atoms with E-state index >= 15 is 0 Å². The van der Waals surface area contributed by atoms with Crippen LogP contribution in [0, 0.1) is 13.8 Å². The zero-order chi connectivity index (χ0) is 18.7. The molecule has 2 heterocycles. The van der Waals surface area contributed by atoms with Gasteiger partial charge in [-0.05, 0) is 26.0 Å². The van der Waals surface area contributed by atoms with E-state index in [-0.39, 0.29) is 11.8 Å². The van der Waals surface area contributed by atoms with Crippen molar-refractivity contribution in [2.24, 2.45) is 0 Å². The normalized spacial score (nSPS) is 14.4. The maximum Gasteiger partial charge on any atom is 0.255 e. The minimum absolute atomic E-state index is 0.0312. The molecule has 0 bridgehead atoms. The molecule has 138 valence electrons. The SMILES string of the molecule is COc1ccccc1CC(=O)N1CCN(C(=O)c2cc(C)[nH]c2C)CC1. The van der Waals surface area contributed by atoms with E-state index in [0.717, 1.165) is 28.3 Å². The summed E-state index contributed by atoms with van der Waals surface area (Å²) in [6.45, 7) is 6.08. The molecular weight excluding hydrogens is 330 g/mol. The number of nitrogens with one attached hydrogen (secondary N) is 1. The maximum absolute atomic E-state index is 12.7. The van der Waals surface area contributed by atoms with Crippen LogP contribution in [0.2, 0.25) is 0 Å². The van der Waals surface area contributed by atoms with Crippen LogP contribution in [-0.4, -0.2) is 59.9 Å². The van der Waals surface area contributed by atoms with Gasteiger partial charge in [0, 0.05) is 43.1 Å². The highest BCUT2D eigenvalue weighted by molar-refractivity contribution is 5.95. The van der Waals surface area contributed by atoms with Gasteiger partial charge in [-0.2, -0.15) is 0 Å². The Bertz CT molecular complexity index is 804. The van der Waals surface area contributed by atoms with E-state index in [2.05, 4.69) is 4.98 Å². The van der Waals surface area contributed by atoms with Gasteiger partial charge < -0.3 is 19.5 Å². The quantitative estimate of drug-likeness (QED) is 0.914. The van der Waals surface area contributed by atoms with Crippen molar-refractivity contribution in [1.29, 1.82) is 0 Å². The van der Waals surface area contributed by atoms with Gasteiger partial charge >= 0.3 is 0 Å². The summed E-state index contributed by atoms with van der Waals surface area (Å²) in [5, 5.41) is 0. The fourth-order valence-corrected chi connectivity index (χ4v) is 3.40. The number of nitrogens with zero attached hydrogens (tertiary/aromatic N) is 2. The Morgan fingerprint density at radius 1 is 1.08 bits per heavy atom. The standard InChI is InChI=1S/C20H25N3O3/c1-14-12-17(15(2)21-14)20(25)23-10-8-22(9-11-23)19(24)13-16-6-4-5-7-18(16)26-3/h4-7,12,21H,8-11,13H2,1-3H3. The number of methoxy groups -OCH3 is 1. The number of benzene rings is 1. The summed E-state index contributed by atoms with van der Waals surface area (Å²) >= 11 is 0. The molecule has 0 aliphatic carbocycles. The molecular formula is C20H25N3O3. The molecule has 1 aromatic carbocycles. The fraction of sp³-hybridized carbons (Fsp3) is 0.400. The number of piperazine rings is 1. The van der Waals surface area contributed by atoms with Crippen molar-refractivity contribution < 1.29 is 14.3 Å². The number of aryl methyl sites for hydroxylation is 2. The van der Waals surface area contributed by atoms with Crippen LogP contribution in [-0.2, 0) is 11.2 Å². The van der Waals surface area contributed by atoms with E-state index < -0.39 is 0 Å². The van der Waals surface area contributed by atoms with E-state index in [1.165, 1.54) is 0 Å². The summed E-state index contributed by atoms with van der Waals surface area (Å²) in [5.41, 5.74) is 3.48. The molecule has 0 unspecified atom stereocenters. The van der Waals surface area contributed by atoms with E-state index in [1.54, 1.807) is 7.11 Å². The number of carbonyl (C=O) groups excluding carboxylic acids is 2. The largest absolute Gasteiger partial charge is 0.496 e. The zero-order valence-electron chi connectivity index (χ0n) is 15.5. The number of amides is 2. The van der Waals surface area contributed by atoms with Crippen molar-refractivity contribution in [3.63, 3.8) is 0 Å². The Labute approximate surface area is 153 Å². The molecule has 0 radical (unpaired) electrons. The first-order valence-corrected chi connectivity index (χ1v) is 8.84. The lowest BCUT2D eigenvalue weighted by molar-refractivity contribution is -0.131. The molecule has 0 saturated carbocycles. The molecule has 1 aliphatic heterocycles. The fourth-order valence-electron chi connectivity index (χ4n) is 3.40. The van der Waals surface area contributed by atoms with Crippen LogP contribution in [0.1, 0.15) is 27.3 Å². The number of hydrogen-bond acceptors (Lipinski definition) is 3. The summed E-state index contributed by atoms with van der Waals surface area (Å²) in [4.78, 5) is 32.1. The van der Waals surface area contributed by atoms with Gasteiger partial charge in [0.2, 0.25) is 5.91 Å². The zero-order valence-corrected chi connectivity index (χ0v) is 15.5. The van der Waals surface area contributed by atoms with E-state index in [0.29, 0.717) is 32.6 Å². The molecule has 6 heteroatoms. The lowest BCUT2D eigenvalue weighted by atomic mass is 10.1. The summed E-state index contributed by atoms with van der Waals surface area (Å²) in [6, 6.07) is 9.45. The minimum Gasteiger partial charge on any atom is -0.496 e. The first-order chi connectivity index (χ1) is 12.5. The van der Waals surface area contributed by atoms with E-state index in [9.17, 15) is 9.59 Å². The molecule has 0 spiro atoms. The molecule has 1 aromatic heterocycles. The lowest BCUT2D eigenvalue weighted by Gasteiger charge is -2.35. The molecule has 1 aliphatic rings. The predicted octanol–water partition coefficient (Wildman–Crippen LogP) is 2.17. The topological polar surface area (TPSA) is 65.6 Å². The van der Waals surface area contributed by atoms with Crippen molar-refractivity contribution in [2.75, 3.05) is 33.3 Å². The van der Waals surface area contributed by atoms with Crippen LogP contribution in [0.5, 0.6) is 5.75 Å². The minimum atomic E-state index is 0.0312. The number of aromatic nitrogens is 1. The summed E-state index contributed by atoms with van der Waals surface area (Å²) < 4.78 is 5.32. The summed E-state index contributed by atoms with van der Waals surface area (Å²) in [5.74, 6) is 0.826. The van der Waals surface area contributed by atoms with Crippen molar-refractivity contribution in [3.05, 3.63) is 52.8 Å². The number of carbonyl (C=O) groups is 2. The number of para-hydroxylation sites is 1. The van der Waals surface area contributed by atoms with Gasteiger partial charge in [0.25, 0.3) is 5.91 Å². The maximum atomic E-state index is 12.7. The van der Waals surface area contributed by atoms with Crippen molar-refractivity contribution in [2.45, 2.75) is 20.3 Å². The second-order valence-corrected chi connectivity index (χ2v) is 6.65. The molecule has 2 aromatic rings. The highest BCUT2D eigenvalue weighted by Gasteiger charge is 2.26. The van der Waals surface area contributed by atoms with Gasteiger partial charge in [-0.1, -0.05) is 18.2 Å². The summed E-state index contributed by atoms with van der Waals surface area (Å²) in [7, 11) is 1.61. The number of hydrogen-bond donors (Lipinski definition) is 1. The first kappa shape index (κ1) is 18.0. The smallest absolute Gasteiger partial charge is 0.255 e. The molecule has 0 atom stereocenters. The van der Waals surface area contributed by atoms with Crippen LogP contribution >= 0.6 is 0 Å². The number of aromatic amines is 1. The van der Waals surface area contributed by atoms with Crippen LogP contribution in [0.4, 0.5) is 0 Å². The van der Waals surface area contributed by atoms with Crippen molar-refractivity contribution in [3.8, 4) is 5.75 Å².